The zero-order valence-corrected chi connectivity index (χ0v) is 20.2. The van der Waals surface area contributed by atoms with E-state index in [0.29, 0.717) is 5.56 Å². The van der Waals surface area contributed by atoms with Crippen molar-refractivity contribution in [2.45, 2.75) is 26.3 Å². The molecule has 1 N–H and O–H groups in total. The van der Waals surface area contributed by atoms with E-state index in [4.69, 9.17) is 9.72 Å². The number of pyridine rings is 1. The van der Waals surface area contributed by atoms with Crippen molar-refractivity contribution in [3.63, 3.8) is 0 Å². The number of nitrogens with one attached hydrogen (secondary N) is 1. The Balaban J connectivity index is 1.19. The first-order valence-electron chi connectivity index (χ1n) is 12.3. The maximum atomic E-state index is 13.0. The average Bonchev–Trinajstić information content (AvgIpc) is 3.43. The minimum atomic E-state index is -0.132. The summed E-state index contributed by atoms with van der Waals surface area (Å²) in [5.41, 5.74) is 7.86. The Bertz CT molecular complexity index is 1550. The number of hydrogen-bond acceptors (Lipinski definition) is 3. The van der Waals surface area contributed by atoms with Crippen LogP contribution in [0, 0.1) is 6.92 Å². The highest BCUT2D eigenvalue weighted by Gasteiger charge is 2.13. The molecule has 2 aromatic heterocycles. The van der Waals surface area contributed by atoms with Crippen LogP contribution in [0.2, 0.25) is 0 Å². The molecule has 5 heteroatoms. The molecule has 1 amide bonds. The number of amides is 1. The van der Waals surface area contributed by atoms with Crippen LogP contribution in [-0.4, -0.2) is 22.1 Å². The molecule has 6 rings (SSSR count). The van der Waals surface area contributed by atoms with E-state index >= 15 is 0 Å². The molecule has 0 aliphatic carbocycles. The molecule has 178 valence electrons. The zero-order chi connectivity index (χ0) is 24.5. The van der Waals surface area contributed by atoms with E-state index in [1.807, 2.05) is 80.1 Å². The summed E-state index contributed by atoms with van der Waals surface area (Å²) >= 11 is 0. The van der Waals surface area contributed by atoms with Crippen molar-refractivity contribution >= 4 is 22.5 Å². The van der Waals surface area contributed by atoms with Crippen molar-refractivity contribution in [2.24, 2.45) is 0 Å². The van der Waals surface area contributed by atoms with E-state index in [9.17, 15) is 4.79 Å². The molecule has 1 aliphatic rings. The maximum Gasteiger partial charge on any atom is 0.255 e. The Kier molecular flexibility index (Phi) is 5.74. The van der Waals surface area contributed by atoms with Crippen LogP contribution in [0.4, 0.5) is 5.69 Å². The highest BCUT2D eigenvalue weighted by Crippen LogP contribution is 2.30. The van der Waals surface area contributed by atoms with Crippen LogP contribution in [0.3, 0.4) is 0 Å². The first-order valence-corrected chi connectivity index (χ1v) is 12.3. The van der Waals surface area contributed by atoms with Gasteiger partial charge in [0.2, 0.25) is 0 Å². The minimum absolute atomic E-state index is 0.132. The van der Waals surface area contributed by atoms with Gasteiger partial charge in [0.15, 0.2) is 0 Å². The molecule has 0 saturated carbocycles. The molecule has 36 heavy (non-hydrogen) atoms. The summed E-state index contributed by atoms with van der Waals surface area (Å²) in [6.45, 7) is 3.57. The van der Waals surface area contributed by atoms with Crippen molar-refractivity contribution in [1.29, 1.82) is 0 Å². The summed E-state index contributed by atoms with van der Waals surface area (Å²) in [4.78, 5) is 17.7. The minimum Gasteiger partial charge on any atom is -0.493 e. The molecule has 5 nitrogen and oxygen atoms in total. The highest BCUT2D eigenvalue weighted by atomic mass is 16.5. The van der Waals surface area contributed by atoms with Gasteiger partial charge in [-0.25, -0.2) is 0 Å². The van der Waals surface area contributed by atoms with Gasteiger partial charge in [-0.1, -0.05) is 24.3 Å². The normalized spacial score (nSPS) is 12.7. The van der Waals surface area contributed by atoms with Gasteiger partial charge >= 0.3 is 0 Å². The Morgan fingerprint density at radius 1 is 1.00 bits per heavy atom. The molecule has 0 unspecified atom stereocenters. The third kappa shape index (κ3) is 4.36. The van der Waals surface area contributed by atoms with Gasteiger partial charge in [0.1, 0.15) is 5.75 Å². The fraction of sp³-hybridized carbons (Fsp3) is 0.161. The van der Waals surface area contributed by atoms with Crippen LogP contribution in [0.1, 0.15) is 33.5 Å². The predicted molar refractivity (Wildman–Crippen MR) is 144 cm³/mol. The van der Waals surface area contributed by atoms with Crippen LogP contribution in [0.25, 0.3) is 22.0 Å². The number of carbonyl (C=O) groups is 1. The number of aromatic nitrogens is 2. The summed E-state index contributed by atoms with van der Waals surface area (Å²) in [5, 5.41) is 4.13. The Labute approximate surface area is 210 Å². The number of hydrogen-bond donors (Lipinski definition) is 1. The fourth-order valence-corrected chi connectivity index (χ4v) is 4.85. The molecule has 3 heterocycles. The Hall–Kier alpha value is -4.38. The zero-order valence-electron chi connectivity index (χ0n) is 20.2. The van der Waals surface area contributed by atoms with E-state index in [-0.39, 0.29) is 5.91 Å². The third-order valence-corrected chi connectivity index (χ3v) is 6.83. The van der Waals surface area contributed by atoms with E-state index in [0.717, 1.165) is 70.6 Å². The quantitative estimate of drug-likeness (QED) is 0.311. The Morgan fingerprint density at radius 2 is 1.81 bits per heavy atom. The lowest BCUT2D eigenvalue weighted by Gasteiger charge is -2.18. The number of carbonyl (C=O) groups excluding carboxylic acids is 1. The van der Waals surface area contributed by atoms with Gasteiger partial charge < -0.3 is 14.6 Å². The maximum absolute atomic E-state index is 13.0. The van der Waals surface area contributed by atoms with Gasteiger partial charge in [0.05, 0.1) is 12.1 Å². The number of ether oxygens (including phenoxy) is 1. The van der Waals surface area contributed by atoms with Gasteiger partial charge in [-0.3, -0.25) is 9.78 Å². The topological polar surface area (TPSA) is 56.1 Å². The number of aryl methyl sites for hydroxylation is 2. The van der Waals surface area contributed by atoms with E-state index in [1.165, 1.54) is 5.56 Å². The lowest BCUT2D eigenvalue weighted by Crippen LogP contribution is -2.13. The van der Waals surface area contributed by atoms with Crippen molar-refractivity contribution in [1.82, 2.24) is 9.55 Å². The van der Waals surface area contributed by atoms with Crippen molar-refractivity contribution in [3.05, 3.63) is 114 Å². The van der Waals surface area contributed by atoms with E-state index < -0.39 is 0 Å². The van der Waals surface area contributed by atoms with Crippen molar-refractivity contribution in [3.8, 4) is 16.9 Å². The molecule has 5 aromatic rings. The number of rotatable bonds is 5. The van der Waals surface area contributed by atoms with Crippen LogP contribution >= 0.6 is 0 Å². The molecule has 0 atom stereocenters. The molecular weight excluding hydrogens is 446 g/mol. The monoisotopic (exact) mass is 473 g/mol. The first kappa shape index (κ1) is 22.1. The molecule has 0 spiro atoms. The summed E-state index contributed by atoms with van der Waals surface area (Å²) < 4.78 is 7.85. The number of nitrogens with zero attached hydrogens (tertiary/aromatic N) is 2. The molecular formula is C31H27N3O2. The molecule has 3 aromatic carbocycles. The lowest BCUT2D eigenvalue weighted by atomic mass is 9.98. The average molecular weight is 474 g/mol. The summed E-state index contributed by atoms with van der Waals surface area (Å²) in [5.74, 6) is 0.852. The van der Waals surface area contributed by atoms with Crippen molar-refractivity contribution in [2.75, 3.05) is 11.9 Å². The predicted octanol–water partition coefficient (Wildman–Crippen LogP) is 6.64. The van der Waals surface area contributed by atoms with Gasteiger partial charge in [-0.15, -0.1) is 0 Å². The lowest BCUT2D eigenvalue weighted by molar-refractivity contribution is 0.102. The van der Waals surface area contributed by atoms with Gasteiger partial charge in [-0.2, -0.15) is 0 Å². The second kappa shape index (κ2) is 9.34. The summed E-state index contributed by atoms with van der Waals surface area (Å²) in [6.07, 6.45) is 8.09. The number of anilines is 1. The van der Waals surface area contributed by atoms with Crippen LogP contribution < -0.4 is 10.1 Å². The number of fused-ring (bicyclic) bond motifs is 2. The molecule has 0 bridgehead atoms. The Morgan fingerprint density at radius 3 is 2.64 bits per heavy atom. The third-order valence-electron chi connectivity index (χ3n) is 6.83. The first-order chi connectivity index (χ1) is 17.6. The van der Waals surface area contributed by atoms with Crippen LogP contribution in [-0.2, 0) is 13.0 Å². The van der Waals surface area contributed by atoms with Gasteiger partial charge in [-0.05, 0) is 96.1 Å². The van der Waals surface area contributed by atoms with Gasteiger partial charge in [0.25, 0.3) is 5.91 Å². The van der Waals surface area contributed by atoms with Crippen LogP contribution in [0.15, 0.2) is 91.4 Å². The molecule has 0 fully saturated rings. The molecule has 0 radical (unpaired) electrons. The summed E-state index contributed by atoms with van der Waals surface area (Å²) in [7, 11) is 0. The van der Waals surface area contributed by atoms with Crippen LogP contribution in [0.5, 0.6) is 5.75 Å². The SMILES string of the molecule is Cc1c(NC(=O)c2ccc(-c3ccc4c(c3)CCCO4)cc2)ccc2cc(Cn3cccc3)cnc12. The molecule has 0 saturated heterocycles. The summed E-state index contributed by atoms with van der Waals surface area (Å²) in [6, 6.07) is 24.3. The smallest absolute Gasteiger partial charge is 0.255 e. The largest absolute Gasteiger partial charge is 0.493 e. The second-order valence-electron chi connectivity index (χ2n) is 9.31. The molecule has 1 aliphatic heterocycles. The highest BCUT2D eigenvalue weighted by molar-refractivity contribution is 6.06. The van der Waals surface area contributed by atoms with E-state index in [1.54, 1.807) is 0 Å². The fourth-order valence-electron chi connectivity index (χ4n) is 4.85. The van der Waals surface area contributed by atoms with Gasteiger partial charge in [0, 0.05) is 41.8 Å². The standard InChI is InChI=1S/C31H27N3O2/c1-21-28(12-10-27-17-22(19-32-30(21)27)20-34-14-2-3-15-34)33-31(35)24-8-6-23(7-9-24)25-11-13-29-26(18-25)5-4-16-36-29/h2-3,6-15,17-19H,4-5,16,20H2,1H3,(H,33,35). The number of benzene rings is 3. The van der Waals surface area contributed by atoms with Crippen molar-refractivity contribution < 1.29 is 9.53 Å². The second-order valence-corrected chi connectivity index (χ2v) is 9.31. The van der Waals surface area contributed by atoms with E-state index in [2.05, 4.69) is 28.1 Å².